The monoisotopic (exact) mass is 293 g/mol. The first kappa shape index (κ1) is 16.3. The SMILES string of the molecule is COC(C)c1ccc(OCC(O)CN2CCCCC2)cc1. The fourth-order valence-corrected chi connectivity index (χ4v) is 2.66. The molecule has 2 unspecified atom stereocenters. The van der Waals surface area contributed by atoms with Gasteiger partial charge in [-0.05, 0) is 50.6 Å². The van der Waals surface area contributed by atoms with Gasteiger partial charge in [-0.3, -0.25) is 0 Å². The van der Waals surface area contributed by atoms with Crippen molar-refractivity contribution in [3.05, 3.63) is 29.8 Å². The van der Waals surface area contributed by atoms with Crippen molar-refractivity contribution in [3.63, 3.8) is 0 Å². The highest BCUT2D eigenvalue weighted by Crippen LogP contribution is 2.19. The van der Waals surface area contributed by atoms with Gasteiger partial charge < -0.3 is 19.5 Å². The fraction of sp³-hybridized carbons (Fsp3) is 0.647. The molecule has 1 aromatic carbocycles. The van der Waals surface area contributed by atoms with Gasteiger partial charge in [0.2, 0.25) is 0 Å². The van der Waals surface area contributed by atoms with E-state index in [1.807, 2.05) is 31.2 Å². The summed E-state index contributed by atoms with van der Waals surface area (Å²) in [4.78, 5) is 2.32. The normalized spacial score (nSPS) is 19.2. The first-order valence-electron chi connectivity index (χ1n) is 7.85. The maximum Gasteiger partial charge on any atom is 0.119 e. The smallest absolute Gasteiger partial charge is 0.119 e. The maximum absolute atomic E-state index is 10.1. The van der Waals surface area contributed by atoms with E-state index in [9.17, 15) is 5.11 Å². The number of likely N-dealkylation sites (tertiary alicyclic amines) is 1. The van der Waals surface area contributed by atoms with Crippen LogP contribution in [0.25, 0.3) is 0 Å². The number of aliphatic hydroxyl groups is 1. The Labute approximate surface area is 127 Å². The van der Waals surface area contributed by atoms with Crippen LogP contribution in [0.2, 0.25) is 0 Å². The van der Waals surface area contributed by atoms with Crippen LogP contribution < -0.4 is 4.74 Å². The number of nitrogens with zero attached hydrogens (tertiary/aromatic N) is 1. The van der Waals surface area contributed by atoms with Crippen LogP contribution in [-0.2, 0) is 4.74 Å². The molecule has 2 rings (SSSR count). The molecule has 118 valence electrons. The van der Waals surface area contributed by atoms with E-state index in [4.69, 9.17) is 9.47 Å². The second-order valence-electron chi connectivity index (χ2n) is 5.77. The minimum atomic E-state index is -0.430. The van der Waals surface area contributed by atoms with E-state index < -0.39 is 6.10 Å². The van der Waals surface area contributed by atoms with E-state index in [2.05, 4.69) is 4.90 Å². The highest BCUT2D eigenvalue weighted by molar-refractivity contribution is 5.28. The van der Waals surface area contributed by atoms with Gasteiger partial charge in [-0.15, -0.1) is 0 Å². The molecule has 1 N–H and O–H groups in total. The first-order chi connectivity index (χ1) is 10.2. The van der Waals surface area contributed by atoms with E-state index in [0.717, 1.165) is 24.4 Å². The zero-order chi connectivity index (χ0) is 15.1. The Balaban J connectivity index is 1.74. The quantitative estimate of drug-likeness (QED) is 0.839. The molecule has 0 aliphatic carbocycles. The van der Waals surface area contributed by atoms with Crippen molar-refractivity contribution in [2.75, 3.05) is 33.4 Å². The molecule has 0 spiro atoms. The fourth-order valence-electron chi connectivity index (χ4n) is 2.66. The molecule has 4 heteroatoms. The number of piperidine rings is 1. The molecule has 0 bridgehead atoms. The summed E-state index contributed by atoms with van der Waals surface area (Å²) in [5, 5.41) is 10.1. The molecule has 1 heterocycles. The Bertz CT molecular complexity index is 401. The van der Waals surface area contributed by atoms with Crippen molar-refractivity contribution in [3.8, 4) is 5.75 Å². The van der Waals surface area contributed by atoms with Gasteiger partial charge in [0, 0.05) is 13.7 Å². The lowest BCUT2D eigenvalue weighted by Crippen LogP contribution is -2.38. The van der Waals surface area contributed by atoms with Gasteiger partial charge in [0.05, 0.1) is 6.10 Å². The van der Waals surface area contributed by atoms with E-state index >= 15 is 0 Å². The Morgan fingerprint density at radius 3 is 2.43 bits per heavy atom. The van der Waals surface area contributed by atoms with Crippen LogP contribution in [0.3, 0.4) is 0 Å². The number of hydrogen-bond donors (Lipinski definition) is 1. The summed E-state index contributed by atoms with van der Waals surface area (Å²) in [7, 11) is 1.70. The molecule has 0 amide bonds. The summed E-state index contributed by atoms with van der Waals surface area (Å²) in [6.45, 7) is 5.26. The van der Waals surface area contributed by atoms with E-state index in [-0.39, 0.29) is 6.10 Å². The van der Waals surface area contributed by atoms with Gasteiger partial charge in [0.25, 0.3) is 0 Å². The molecule has 1 saturated heterocycles. The number of aliphatic hydroxyl groups excluding tert-OH is 1. The minimum absolute atomic E-state index is 0.0868. The molecular weight excluding hydrogens is 266 g/mol. The molecule has 0 radical (unpaired) electrons. The zero-order valence-corrected chi connectivity index (χ0v) is 13.1. The van der Waals surface area contributed by atoms with Crippen molar-refractivity contribution in [2.45, 2.75) is 38.4 Å². The van der Waals surface area contributed by atoms with Gasteiger partial charge in [-0.25, -0.2) is 0 Å². The van der Waals surface area contributed by atoms with Crippen molar-refractivity contribution in [2.24, 2.45) is 0 Å². The summed E-state index contributed by atoms with van der Waals surface area (Å²) >= 11 is 0. The molecule has 0 saturated carbocycles. The lowest BCUT2D eigenvalue weighted by atomic mass is 10.1. The van der Waals surface area contributed by atoms with E-state index in [1.165, 1.54) is 19.3 Å². The molecule has 0 aromatic heterocycles. The molecule has 21 heavy (non-hydrogen) atoms. The lowest BCUT2D eigenvalue weighted by Gasteiger charge is -2.28. The van der Waals surface area contributed by atoms with E-state index in [0.29, 0.717) is 13.2 Å². The Hall–Kier alpha value is -1.10. The lowest BCUT2D eigenvalue weighted by molar-refractivity contribution is 0.0617. The highest BCUT2D eigenvalue weighted by atomic mass is 16.5. The standard InChI is InChI=1S/C17H27NO3/c1-14(20-2)15-6-8-17(9-7-15)21-13-16(19)12-18-10-4-3-5-11-18/h6-9,14,16,19H,3-5,10-13H2,1-2H3. The third-order valence-electron chi connectivity index (χ3n) is 4.06. The second-order valence-corrected chi connectivity index (χ2v) is 5.77. The van der Waals surface area contributed by atoms with Gasteiger partial charge in [0.15, 0.2) is 0 Å². The van der Waals surface area contributed by atoms with Gasteiger partial charge in [-0.2, -0.15) is 0 Å². The topological polar surface area (TPSA) is 41.9 Å². The van der Waals surface area contributed by atoms with Crippen LogP contribution in [0.5, 0.6) is 5.75 Å². The summed E-state index contributed by atoms with van der Waals surface area (Å²) in [5.41, 5.74) is 1.12. The highest BCUT2D eigenvalue weighted by Gasteiger charge is 2.15. The Kier molecular flexibility index (Phi) is 6.49. The predicted octanol–water partition coefficient (Wildman–Crippen LogP) is 2.62. The average Bonchev–Trinajstić information content (AvgIpc) is 2.53. The molecule has 4 nitrogen and oxygen atoms in total. The summed E-state index contributed by atoms with van der Waals surface area (Å²) < 4.78 is 10.9. The summed E-state index contributed by atoms with van der Waals surface area (Å²) in [6.07, 6.45) is 3.46. The Morgan fingerprint density at radius 2 is 1.81 bits per heavy atom. The summed E-state index contributed by atoms with van der Waals surface area (Å²) in [5.74, 6) is 0.791. The summed E-state index contributed by atoms with van der Waals surface area (Å²) in [6, 6.07) is 7.86. The van der Waals surface area contributed by atoms with Crippen LogP contribution in [0.15, 0.2) is 24.3 Å². The van der Waals surface area contributed by atoms with Crippen LogP contribution in [0, 0.1) is 0 Å². The zero-order valence-electron chi connectivity index (χ0n) is 13.1. The number of hydrogen-bond acceptors (Lipinski definition) is 4. The Morgan fingerprint density at radius 1 is 1.14 bits per heavy atom. The second kappa shape index (κ2) is 8.37. The molecule has 2 atom stereocenters. The van der Waals surface area contributed by atoms with Gasteiger partial charge in [0.1, 0.15) is 18.5 Å². The first-order valence-corrected chi connectivity index (χ1v) is 7.85. The van der Waals surface area contributed by atoms with Gasteiger partial charge >= 0.3 is 0 Å². The number of rotatable bonds is 7. The average molecular weight is 293 g/mol. The van der Waals surface area contributed by atoms with Crippen molar-refractivity contribution in [1.29, 1.82) is 0 Å². The number of benzene rings is 1. The van der Waals surface area contributed by atoms with E-state index in [1.54, 1.807) is 7.11 Å². The molecule has 1 aliphatic heterocycles. The molecule has 1 aromatic rings. The molecule has 1 fully saturated rings. The van der Waals surface area contributed by atoms with Crippen LogP contribution in [0.4, 0.5) is 0 Å². The number of ether oxygens (including phenoxy) is 2. The molecular formula is C17H27NO3. The van der Waals surface area contributed by atoms with Gasteiger partial charge in [-0.1, -0.05) is 18.6 Å². The number of β-amino-alcohol motifs (C(OH)–C–C–N with tert-alkyl or cyclic N) is 1. The maximum atomic E-state index is 10.1. The molecule has 1 aliphatic rings. The largest absolute Gasteiger partial charge is 0.491 e. The third kappa shape index (κ3) is 5.30. The predicted molar refractivity (Wildman–Crippen MR) is 83.7 cm³/mol. The minimum Gasteiger partial charge on any atom is -0.491 e. The third-order valence-corrected chi connectivity index (χ3v) is 4.06. The van der Waals surface area contributed by atoms with Crippen LogP contribution >= 0.6 is 0 Å². The van der Waals surface area contributed by atoms with Crippen molar-refractivity contribution >= 4 is 0 Å². The van der Waals surface area contributed by atoms with Crippen molar-refractivity contribution < 1.29 is 14.6 Å². The van der Waals surface area contributed by atoms with Crippen molar-refractivity contribution in [1.82, 2.24) is 4.90 Å². The van der Waals surface area contributed by atoms with Crippen LogP contribution in [-0.4, -0.2) is 49.5 Å². The van der Waals surface area contributed by atoms with Crippen LogP contribution in [0.1, 0.15) is 37.9 Å². The number of methoxy groups -OCH3 is 1.